The molecule has 144 heavy (non-hydrogen) atoms. The second kappa shape index (κ2) is 67.3. The number of rotatable bonds is 20. The Morgan fingerprint density at radius 3 is 1.08 bits per heavy atom. The third-order valence-corrected chi connectivity index (χ3v) is 20.5. The fourth-order valence-corrected chi connectivity index (χ4v) is 12.8. The molecule has 1 amide bonds. The van der Waals surface area contributed by atoms with E-state index in [1.165, 1.54) is 6.92 Å². The van der Waals surface area contributed by atoms with E-state index in [4.69, 9.17) is 28.8 Å². The molecule has 0 unspecified atom stereocenters. The molecule has 16 rings (SSSR count). The largest absolute Gasteiger partial charge is 0.507 e. The van der Waals surface area contributed by atoms with Crippen LogP contribution in [0.2, 0.25) is 5.02 Å². The number of azo groups is 7. The molecule has 7 aromatic heterocycles. The topological polar surface area (TPSA) is 349 Å². The number of anilines is 9. The summed E-state index contributed by atoms with van der Waals surface area (Å²) < 4.78 is 13.3. The van der Waals surface area contributed by atoms with Gasteiger partial charge in [0.1, 0.15) is 51.8 Å². The Kier molecular flexibility index (Phi) is 60.1. The predicted molar refractivity (Wildman–Crippen MR) is 546 cm³/mol. The van der Waals surface area contributed by atoms with Crippen molar-refractivity contribution in [2.45, 2.75) is 27.7 Å². The molecule has 0 atom stereocenters. The van der Waals surface area contributed by atoms with Crippen molar-refractivity contribution in [3.05, 3.63) is 368 Å². The summed E-state index contributed by atoms with van der Waals surface area (Å²) in [4.78, 5) is 17.5. The van der Waals surface area contributed by atoms with Gasteiger partial charge >= 0.3 is 40.7 Å². The van der Waals surface area contributed by atoms with Gasteiger partial charge < -0.3 is 47.6 Å². The molecule has 16 aromatic rings. The van der Waals surface area contributed by atoms with Crippen molar-refractivity contribution in [3.63, 3.8) is 0 Å². The number of fused-ring (bicyclic) bond motifs is 1. The van der Waals surface area contributed by atoms with Gasteiger partial charge in [-0.15, -0.1) is 0 Å². The van der Waals surface area contributed by atoms with E-state index in [0.717, 1.165) is 131 Å². The molecule has 0 aliphatic heterocycles. The molecule has 0 spiro atoms. The maximum Gasteiger partial charge on any atom is 0.353 e. The molecule has 0 bridgehead atoms. The summed E-state index contributed by atoms with van der Waals surface area (Å²) in [7, 11) is 25.4. The molecule has 0 saturated heterocycles. The monoisotopic (exact) mass is 2470 g/mol. The van der Waals surface area contributed by atoms with Crippen molar-refractivity contribution in [1.29, 1.82) is 0 Å². The van der Waals surface area contributed by atoms with Crippen molar-refractivity contribution in [2.24, 2.45) is 121 Å². The number of halogens is 1. The number of carbonyl (C=O) groups is 1. The van der Waals surface area contributed by atoms with E-state index in [9.17, 15) is 9.90 Å². The van der Waals surface area contributed by atoms with Gasteiger partial charge in [-0.1, -0.05) is 66.2 Å². The first kappa shape index (κ1) is 129. The van der Waals surface area contributed by atoms with Crippen LogP contribution in [0.15, 0.2) is 418 Å². The number of amides is 1. The summed E-state index contributed by atoms with van der Waals surface area (Å²) in [6, 6.07) is 95.7. The first-order valence-electron chi connectivity index (χ1n) is 43.5. The first-order valence-corrected chi connectivity index (χ1v) is 43.8. The number of nitrogens with one attached hydrogen (secondary N) is 2. The van der Waals surface area contributed by atoms with Crippen LogP contribution in [0.25, 0.3) is 10.8 Å². The third-order valence-electron chi connectivity index (χ3n) is 20.3. The minimum absolute atomic E-state index is 0. The van der Waals surface area contributed by atoms with E-state index in [0.29, 0.717) is 33.2 Å². The molecule has 31 nitrogen and oxygen atoms in total. The minimum atomic E-state index is -0.141. The van der Waals surface area contributed by atoms with Crippen molar-refractivity contribution in [1.82, 2.24) is 0 Å². The van der Waals surface area contributed by atoms with Crippen LogP contribution < -0.4 is 74.5 Å². The van der Waals surface area contributed by atoms with E-state index >= 15 is 0 Å². The van der Waals surface area contributed by atoms with Gasteiger partial charge in [-0.3, -0.25) is 4.79 Å². The summed E-state index contributed by atoms with van der Waals surface area (Å²) in [5.41, 5.74) is 33.8. The molecule has 9 aromatic carbocycles. The van der Waals surface area contributed by atoms with Crippen molar-refractivity contribution < 1.29 is 271 Å². The third kappa shape index (κ3) is 42.7. The number of carbonyl (C=O) groups excluding carboxylic acids is 1. The van der Waals surface area contributed by atoms with Crippen LogP contribution in [0, 0.1) is 20.8 Å². The summed E-state index contributed by atoms with van der Waals surface area (Å²) in [6.07, 6.45) is 13.4. The number of phenolic OH excluding ortho intramolecular Hbond substituents is 1. The van der Waals surface area contributed by atoms with Crippen LogP contribution in [0.4, 0.5) is 132 Å². The number of phenols is 1. The van der Waals surface area contributed by atoms with Gasteiger partial charge in [0.25, 0.3) is 0 Å². The summed E-state index contributed by atoms with van der Waals surface area (Å²) in [6.45, 7) is 7.54. The van der Waals surface area contributed by atoms with Crippen LogP contribution in [-0.4, -0.2) is 53.3 Å². The Morgan fingerprint density at radius 2 is 0.674 bits per heavy atom. The standard InChI is InChI=1S/C19H18N4.C16H19N5O.C16H14N4O.C15H18ClN4.C14H17N4.C13H14N4.C12H12N4.7Y/c1-15-7-6-14-23(2)19(15)22-21-18-12-10-17(11-13-18)20-16-8-4-3-5-9-16;1-12(22)17-15-11-13(20(2)3)8-9-14(15)18-19-16-7-5-6-10-21(16)4;1-20-10-3-2-7-15(20)19-18-13-9-8-12(17)11-5-4-6-14(21)16(11)13;1-11-9-13(19(2)3)6-7-14(11)17-18-15-8-5-12(16)10-20(15)4;1-17(2)13-9-7-12(8-10-13)15-16-14-6-4-5-11-18(14)3;1-10-4-3-9-17(2)13(10)16-15-12-7-5-11(14)6-8-12;1-16-9-3-2-4-12(16)15-14-11-7-5-10(13)6-8-11;;;;;;;/h3-14H,1-2H3;5-11H,1-4H3;2-10,17H,1H3,(H,18,21);5-10H,1-4H3;4-11H,1-3H3;3-9,14H,1-2H3;2-9,13H,1H3;;;;;;;/q;;;2*+1;;;;;;;;;/p+5. The number of aromatic hydroxyl groups is 1. The van der Waals surface area contributed by atoms with Crippen LogP contribution in [0.3, 0.4) is 0 Å². The second-order valence-corrected chi connectivity index (χ2v) is 32.2. The van der Waals surface area contributed by atoms with Crippen LogP contribution in [0.1, 0.15) is 23.6 Å². The number of benzene rings is 9. The van der Waals surface area contributed by atoms with Gasteiger partial charge in [0.05, 0.1) is 138 Å². The van der Waals surface area contributed by atoms with Gasteiger partial charge in [0.15, 0.2) is 0 Å². The van der Waals surface area contributed by atoms with E-state index in [-0.39, 0.29) is 241 Å². The van der Waals surface area contributed by atoms with E-state index in [1.807, 2.05) is 441 Å². The van der Waals surface area contributed by atoms with Gasteiger partial charge in [0.2, 0.25) is 5.91 Å². The second-order valence-electron chi connectivity index (χ2n) is 31.8. The molecule has 7 heterocycles. The number of aryl methyl sites for hydroxylation is 10. The Hall–Kier alpha value is -9.62. The molecule has 7 radical (unpaired) electrons. The number of pyridine rings is 7. The zero-order valence-electron chi connectivity index (χ0n) is 84.1. The summed E-state index contributed by atoms with van der Waals surface area (Å²) in [5, 5.41) is 77.7. The Morgan fingerprint density at radius 1 is 0.319 bits per heavy atom. The molecule has 0 fully saturated rings. The van der Waals surface area contributed by atoms with E-state index < -0.39 is 0 Å². The molecule has 9 N–H and O–H groups in total. The maximum absolute atomic E-state index is 11.4. The van der Waals surface area contributed by atoms with Gasteiger partial charge in [-0.25, -0.2) is 32.0 Å². The van der Waals surface area contributed by atoms with Crippen LogP contribution in [-0.2, 0) is 283 Å². The molecule has 39 heteroatoms. The fraction of sp³-hybridized carbons (Fsp3) is 0.162. The predicted octanol–water partition coefficient (Wildman–Crippen LogP) is 23.6. The van der Waals surface area contributed by atoms with E-state index in [1.54, 1.807) is 48.7 Å². The first-order chi connectivity index (χ1) is 65.9. The molecule has 0 saturated carbocycles. The smallest absolute Gasteiger partial charge is 0.353 e. The summed E-state index contributed by atoms with van der Waals surface area (Å²) in [5.74, 6) is 5.55. The zero-order chi connectivity index (χ0) is 98.3. The Labute approximate surface area is 1020 Å². The zero-order valence-corrected chi connectivity index (χ0v) is 105. The molecule has 0 aliphatic rings. The quantitative estimate of drug-likeness (QED) is 0.0240. The normalized spacial score (nSPS) is 10.4. The minimum Gasteiger partial charge on any atom is -0.507 e. The van der Waals surface area contributed by atoms with E-state index in [2.05, 4.69) is 98.1 Å². The van der Waals surface area contributed by atoms with Crippen LogP contribution >= 0.6 is 11.6 Å². The summed E-state index contributed by atoms with van der Waals surface area (Å²) >= 11 is 5.91. The number of hydrogen-bond donors (Lipinski definition) is 6. The number of nitrogens with zero attached hydrogens (tertiary/aromatic N) is 24. The Balaban J connectivity index is 0.000000430. The number of aromatic nitrogens is 7. The Bertz CT molecular complexity index is 6910. The number of hydrogen-bond acceptors (Lipinski definition) is 23. The van der Waals surface area contributed by atoms with Crippen molar-refractivity contribution in [3.8, 4) is 5.75 Å². The van der Waals surface area contributed by atoms with Crippen LogP contribution in [0.5, 0.6) is 5.75 Å². The average molecular weight is 2480 g/mol. The molecular weight excluding hydrogens is 2360 g/mol. The molecule has 0 aliphatic carbocycles. The van der Waals surface area contributed by atoms with Crippen molar-refractivity contribution in [2.75, 3.05) is 84.8 Å². The maximum atomic E-state index is 11.4. The van der Waals surface area contributed by atoms with Crippen molar-refractivity contribution >= 4 is 160 Å². The SMILES string of the molecule is CC(=O)Nc1cc(N(C)C)ccc1N=Nc1cccc[n+]1C.CN(C)c1ccc(N=Nc2cccc[n+]2C)cc1.C[n+]1ccccc1N=Nc1ccc(N)c2cccc(O)c12.C[n+]1ccccc1N=Nc1ccc(N)cc1.Cc1cc(N(C)C)ccc1N=Nc1ccc(Cl)c[n+]1C.Cc1ccc[n+](C)c1N=Nc1ccc(N)cc1.Cc1ccc[n+](C)c1N=Nc1ccc(Nc2ccccc2)cc1.[Y].[Y].[Y].[Y].[Y].[Y].[Y]. The molecule has 715 valence electrons. The number of nitrogens with two attached hydrogens (primary N) is 3. The average Bonchev–Trinajstić information content (AvgIpc) is 0.793. The van der Waals surface area contributed by atoms with Gasteiger partial charge in [-0.05, 0) is 281 Å². The van der Waals surface area contributed by atoms with Gasteiger partial charge in [-0.2, -0.15) is 0 Å². The number of para-hydroxylation sites is 1. The van der Waals surface area contributed by atoms with Gasteiger partial charge in [0, 0.05) is 371 Å². The molecular formula is C105H117ClN29O2Y7+7. The number of nitrogen functional groups attached to an aromatic ring is 3. The fourth-order valence-electron chi connectivity index (χ4n) is 12.5.